The van der Waals surface area contributed by atoms with Crippen molar-refractivity contribution in [1.29, 1.82) is 0 Å². The lowest BCUT2D eigenvalue weighted by molar-refractivity contribution is 0.949. The zero-order chi connectivity index (χ0) is 15.8. The molecule has 23 heavy (non-hydrogen) atoms. The molecule has 2 heterocycles. The number of rotatable bonds is 2. The molecule has 0 spiro atoms. The van der Waals surface area contributed by atoms with Crippen LogP contribution in [-0.2, 0) is 0 Å². The first-order valence-corrected chi connectivity index (χ1v) is 8.20. The van der Waals surface area contributed by atoms with Crippen LogP contribution in [0, 0.1) is 6.92 Å². The number of fused-ring (bicyclic) bond motifs is 1. The maximum atomic E-state index is 12.6. The maximum Gasteiger partial charge on any atom is 0.190 e. The Balaban J connectivity index is 1.82. The normalized spacial score (nSPS) is 14.6. The number of anilines is 1. The van der Waals surface area contributed by atoms with Crippen LogP contribution in [0.3, 0.4) is 0 Å². The molecule has 1 N–H and O–H groups in total. The second kappa shape index (κ2) is 5.58. The van der Waals surface area contributed by atoms with Crippen molar-refractivity contribution in [2.24, 2.45) is 0 Å². The molecular weight excluding hydrogens is 284 g/mol. The summed E-state index contributed by atoms with van der Waals surface area (Å²) in [5.41, 5.74) is 5.25. The van der Waals surface area contributed by atoms with E-state index in [0.29, 0.717) is 0 Å². The van der Waals surface area contributed by atoms with E-state index < -0.39 is 0 Å². The first-order chi connectivity index (χ1) is 11.2. The fraction of sp³-hybridized carbons (Fsp3) is 0.250. The Hall–Kier alpha value is -2.55. The molecule has 0 atom stereocenters. The lowest BCUT2D eigenvalue weighted by Crippen LogP contribution is -2.17. The average molecular weight is 304 g/mol. The van der Waals surface area contributed by atoms with E-state index in [1.807, 2.05) is 24.3 Å². The smallest absolute Gasteiger partial charge is 0.190 e. The first-order valence-electron chi connectivity index (χ1n) is 8.20. The number of H-pyrrole nitrogens is 1. The van der Waals surface area contributed by atoms with Gasteiger partial charge in [0.05, 0.1) is 0 Å². The van der Waals surface area contributed by atoms with Gasteiger partial charge in [-0.15, -0.1) is 0 Å². The minimum atomic E-state index is 0.0799. The van der Waals surface area contributed by atoms with Crippen LogP contribution in [0.25, 0.3) is 22.2 Å². The summed E-state index contributed by atoms with van der Waals surface area (Å²) in [5.74, 6) is 0. The molecule has 1 saturated heterocycles. The zero-order valence-corrected chi connectivity index (χ0v) is 13.3. The summed E-state index contributed by atoms with van der Waals surface area (Å²) in [6.07, 6.45) is 2.47. The Labute approximate surface area is 135 Å². The fourth-order valence-corrected chi connectivity index (χ4v) is 3.38. The molecule has 2 aromatic carbocycles. The van der Waals surface area contributed by atoms with E-state index in [9.17, 15) is 4.79 Å². The summed E-state index contributed by atoms with van der Waals surface area (Å²) in [6.45, 7) is 4.24. The number of nitrogens with zero attached hydrogens (tertiary/aromatic N) is 1. The second-order valence-corrected chi connectivity index (χ2v) is 6.34. The first kappa shape index (κ1) is 14.1. The van der Waals surface area contributed by atoms with E-state index in [-0.39, 0.29) is 5.43 Å². The topological polar surface area (TPSA) is 36.1 Å². The molecule has 0 amide bonds. The summed E-state index contributed by atoms with van der Waals surface area (Å²) in [6, 6.07) is 16.1. The van der Waals surface area contributed by atoms with E-state index in [1.54, 1.807) is 6.07 Å². The van der Waals surface area contributed by atoms with Crippen molar-refractivity contribution in [3.63, 3.8) is 0 Å². The molecule has 1 aromatic heterocycles. The SMILES string of the molecule is Cc1cccc(-c2cc(=O)c3cc(N4CCCC4)ccc3[nH]2)c1. The van der Waals surface area contributed by atoms with Gasteiger partial charge in [0.25, 0.3) is 0 Å². The number of nitrogens with one attached hydrogen (secondary N) is 1. The number of aryl methyl sites for hydroxylation is 1. The number of hydrogen-bond acceptors (Lipinski definition) is 2. The molecule has 0 aliphatic carbocycles. The summed E-state index contributed by atoms with van der Waals surface area (Å²) >= 11 is 0. The van der Waals surface area contributed by atoms with E-state index in [0.717, 1.165) is 40.9 Å². The largest absolute Gasteiger partial charge is 0.372 e. The van der Waals surface area contributed by atoms with Gasteiger partial charge < -0.3 is 9.88 Å². The number of benzene rings is 2. The van der Waals surface area contributed by atoms with Gasteiger partial charge in [0.2, 0.25) is 0 Å². The van der Waals surface area contributed by atoms with Crippen molar-refractivity contribution < 1.29 is 0 Å². The van der Waals surface area contributed by atoms with Crippen molar-refractivity contribution in [1.82, 2.24) is 4.98 Å². The highest BCUT2D eigenvalue weighted by atomic mass is 16.1. The van der Waals surface area contributed by atoms with Gasteiger partial charge in [0.15, 0.2) is 5.43 Å². The van der Waals surface area contributed by atoms with Gasteiger partial charge in [0.1, 0.15) is 0 Å². The summed E-state index contributed by atoms with van der Waals surface area (Å²) in [7, 11) is 0. The summed E-state index contributed by atoms with van der Waals surface area (Å²) in [4.78, 5) is 18.4. The van der Waals surface area contributed by atoms with Crippen LogP contribution in [0.4, 0.5) is 5.69 Å². The molecule has 3 aromatic rings. The third-order valence-corrected chi connectivity index (χ3v) is 4.61. The van der Waals surface area contributed by atoms with Crippen LogP contribution in [0.5, 0.6) is 0 Å². The highest BCUT2D eigenvalue weighted by Crippen LogP contribution is 2.25. The predicted octanol–water partition coefficient (Wildman–Crippen LogP) is 4.10. The van der Waals surface area contributed by atoms with Gasteiger partial charge in [-0.05, 0) is 49.6 Å². The monoisotopic (exact) mass is 304 g/mol. The molecule has 1 aliphatic rings. The molecule has 1 fully saturated rings. The summed E-state index contributed by atoms with van der Waals surface area (Å²) in [5, 5.41) is 0.769. The average Bonchev–Trinajstić information content (AvgIpc) is 3.09. The molecule has 1 aliphatic heterocycles. The molecule has 3 nitrogen and oxygen atoms in total. The Bertz CT molecular complexity index is 920. The number of aromatic nitrogens is 1. The lowest BCUT2D eigenvalue weighted by Gasteiger charge is -2.18. The van der Waals surface area contributed by atoms with Gasteiger partial charge in [-0.25, -0.2) is 0 Å². The van der Waals surface area contributed by atoms with Crippen LogP contribution in [-0.4, -0.2) is 18.1 Å². The van der Waals surface area contributed by atoms with Crippen molar-refractivity contribution in [2.45, 2.75) is 19.8 Å². The Kier molecular flexibility index (Phi) is 3.41. The standard InChI is InChI=1S/C20H20N2O/c1-14-5-4-6-15(11-14)19-13-20(23)17-12-16(7-8-18(17)21-19)22-9-2-3-10-22/h4-8,11-13H,2-3,9-10H2,1H3,(H,21,23). The Morgan fingerprint density at radius 2 is 1.83 bits per heavy atom. The fourth-order valence-electron chi connectivity index (χ4n) is 3.38. The van der Waals surface area contributed by atoms with Crippen LogP contribution >= 0.6 is 0 Å². The van der Waals surface area contributed by atoms with Crippen LogP contribution in [0.1, 0.15) is 18.4 Å². The number of pyridine rings is 1. The van der Waals surface area contributed by atoms with Crippen molar-refractivity contribution in [3.8, 4) is 11.3 Å². The maximum absolute atomic E-state index is 12.6. The molecule has 0 saturated carbocycles. The Morgan fingerprint density at radius 1 is 1.00 bits per heavy atom. The van der Waals surface area contributed by atoms with Gasteiger partial charge in [-0.2, -0.15) is 0 Å². The van der Waals surface area contributed by atoms with Gasteiger partial charge in [-0.3, -0.25) is 4.79 Å². The van der Waals surface area contributed by atoms with Crippen LogP contribution in [0.15, 0.2) is 53.3 Å². The molecule has 116 valence electrons. The third kappa shape index (κ3) is 2.63. The highest BCUT2D eigenvalue weighted by molar-refractivity contribution is 5.84. The lowest BCUT2D eigenvalue weighted by atomic mass is 10.1. The minimum Gasteiger partial charge on any atom is -0.372 e. The molecule has 0 bridgehead atoms. The molecule has 4 rings (SSSR count). The van der Waals surface area contributed by atoms with Crippen molar-refractivity contribution in [3.05, 3.63) is 64.3 Å². The number of hydrogen-bond donors (Lipinski definition) is 1. The quantitative estimate of drug-likeness (QED) is 0.773. The van der Waals surface area contributed by atoms with Gasteiger partial charge >= 0.3 is 0 Å². The van der Waals surface area contributed by atoms with E-state index >= 15 is 0 Å². The molecular formula is C20H20N2O. The van der Waals surface area contributed by atoms with E-state index in [1.165, 1.54) is 18.4 Å². The van der Waals surface area contributed by atoms with Crippen LogP contribution < -0.4 is 10.3 Å². The minimum absolute atomic E-state index is 0.0799. The highest BCUT2D eigenvalue weighted by Gasteiger charge is 2.13. The zero-order valence-electron chi connectivity index (χ0n) is 13.3. The third-order valence-electron chi connectivity index (χ3n) is 4.61. The Morgan fingerprint density at radius 3 is 2.61 bits per heavy atom. The van der Waals surface area contributed by atoms with E-state index in [2.05, 4.69) is 35.0 Å². The molecule has 3 heteroatoms. The van der Waals surface area contributed by atoms with Gasteiger partial charge in [-0.1, -0.05) is 23.8 Å². The molecule has 0 radical (unpaired) electrons. The van der Waals surface area contributed by atoms with Gasteiger partial charge in [0, 0.05) is 41.4 Å². The molecule has 0 unspecified atom stereocenters. The second-order valence-electron chi connectivity index (χ2n) is 6.34. The van der Waals surface area contributed by atoms with Crippen molar-refractivity contribution in [2.75, 3.05) is 18.0 Å². The van der Waals surface area contributed by atoms with E-state index in [4.69, 9.17) is 0 Å². The predicted molar refractivity (Wildman–Crippen MR) is 96.2 cm³/mol. The van der Waals surface area contributed by atoms with Crippen molar-refractivity contribution >= 4 is 16.6 Å². The van der Waals surface area contributed by atoms with Crippen LogP contribution in [0.2, 0.25) is 0 Å². The summed E-state index contributed by atoms with van der Waals surface area (Å²) < 4.78 is 0. The number of aromatic amines is 1.